The van der Waals surface area contributed by atoms with Gasteiger partial charge >= 0.3 is 0 Å². The van der Waals surface area contributed by atoms with Crippen LogP contribution in [0.5, 0.6) is 0 Å². The van der Waals surface area contributed by atoms with Crippen LogP contribution in [0.4, 0.5) is 0 Å². The molecular formula is C43H28BrN. The van der Waals surface area contributed by atoms with Gasteiger partial charge in [0.25, 0.3) is 0 Å². The summed E-state index contributed by atoms with van der Waals surface area (Å²) >= 11 is 3.66. The summed E-state index contributed by atoms with van der Waals surface area (Å²) in [6, 6.07) is 62.3. The summed E-state index contributed by atoms with van der Waals surface area (Å²) in [6.45, 7) is 0. The van der Waals surface area contributed by atoms with Crippen molar-refractivity contribution < 1.29 is 0 Å². The maximum absolute atomic E-state index is 3.66. The fourth-order valence-electron chi connectivity index (χ4n) is 7.67. The Hall–Kier alpha value is -5.18. The highest BCUT2D eigenvalue weighted by molar-refractivity contribution is 9.10. The SMILES string of the molecule is Brc1cccc(-c2ccc3c(c2)c2ccccc2n3-c2ccc3c(c2)C(c2ccccc2)(c2ccccc2)c2ccccc2-3)c1. The molecule has 0 aliphatic heterocycles. The van der Waals surface area contributed by atoms with Crippen LogP contribution in [0.1, 0.15) is 22.3 Å². The molecule has 0 saturated heterocycles. The van der Waals surface area contributed by atoms with E-state index < -0.39 is 5.41 Å². The van der Waals surface area contributed by atoms with Gasteiger partial charge in [-0.05, 0) is 87.0 Å². The molecule has 45 heavy (non-hydrogen) atoms. The van der Waals surface area contributed by atoms with Crippen LogP contribution in [0.2, 0.25) is 0 Å². The molecule has 0 atom stereocenters. The molecule has 1 nitrogen and oxygen atoms in total. The Morgan fingerprint density at radius 1 is 0.422 bits per heavy atom. The van der Waals surface area contributed by atoms with Gasteiger partial charge in [-0.15, -0.1) is 0 Å². The molecule has 212 valence electrons. The van der Waals surface area contributed by atoms with Crippen molar-refractivity contribution in [1.82, 2.24) is 4.57 Å². The second-order valence-corrected chi connectivity index (χ2v) is 12.8. The van der Waals surface area contributed by atoms with Gasteiger partial charge in [0.05, 0.1) is 16.4 Å². The number of aromatic nitrogens is 1. The minimum atomic E-state index is -0.433. The first-order valence-electron chi connectivity index (χ1n) is 15.4. The number of hydrogen-bond acceptors (Lipinski definition) is 0. The summed E-state index contributed by atoms with van der Waals surface area (Å²) < 4.78 is 3.53. The van der Waals surface area contributed by atoms with Crippen LogP contribution in [0.25, 0.3) is 49.7 Å². The lowest BCUT2D eigenvalue weighted by atomic mass is 9.67. The molecule has 0 amide bonds. The highest BCUT2D eigenvalue weighted by Gasteiger charge is 2.46. The molecule has 0 saturated carbocycles. The van der Waals surface area contributed by atoms with Crippen molar-refractivity contribution in [3.63, 3.8) is 0 Å². The Bertz CT molecular complexity index is 2340. The van der Waals surface area contributed by atoms with Crippen molar-refractivity contribution in [3.05, 3.63) is 197 Å². The lowest BCUT2D eigenvalue weighted by Crippen LogP contribution is -2.28. The van der Waals surface area contributed by atoms with Crippen LogP contribution in [0, 0.1) is 0 Å². The molecule has 2 heteroatoms. The van der Waals surface area contributed by atoms with Gasteiger partial charge in [-0.1, -0.05) is 143 Å². The van der Waals surface area contributed by atoms with E-state index in [0.29, 0.717) is 0 Å². The molecule has 0 N–H and O–H groups in total. The maximum Gasteiger partial charge on any atom is 0.0714 e. The molecule has 1 aliphatic rings. The average molecular weight is 639 g/mol. The quantitative estimate of drug-likeness (QED) is 0.181. The van der Waals surface area contributed by atoms with Gasteiger partial charge in [-0.2, -0.15) is 0 Å². The Balaban J connectivity index is 1.34. The van der Waals surface area contributed by atoms with Gasteiger partial charge in [0, 0.05) is 20.9 Å². The zero-order chi connectivity index (χ0) is 30.0. The summed E-state index contributed by atoms with van der Waals surface area (Å²) in [4.78, 5) is 0. The number of rotatable bonds is 4. The first kappa shape index (κ1) is 26.2. The largest absolute Gasteiger partial charge is 0.309 e. The van der Waals surface area contributed by atoms with E-state index in [4.69, 9.17) is 0 Å². The van der Waals surface area contributed by atoms with E-state index >= 15 is 0 Å². The van der Waals surface area contributed by atoms with E-state index in [-0.39, 0.29) is 0 Å². The summed E-state index contributed by atoms with van der Waals surface area (Å²) in [5.74, 6) is 0. The molecular weight excluding hydrogens is 610 g/mol. The predicted molar refractivity (Wildman–Crippen MR) is 191 cm³/mol. The van der Waals surface area contributed by atoms with Crippen LogP contribution >= 0.6 is 15.9 Å². The van der Waals surface area contributed by atoms with Gasteiger partial charge < -0.3 is 4.57 Å². The van der Waals surface area contributed by atoms with Crippen LogP contribution in [-0.2, 0) is 5.41 Å². The third kappa shape index (κ3) is 3.86. The highest BCUT2D eigenvalue weighted by Crippen LogP contribution is 2.56. The van der Waals surface area contributed by atoms with Crippen molar-refractivity contribution in [2.45, 2.75) is 5.41 Å². The van der Waals surface area contributed by atoms with Gasteiger partial charge in [0.2, 0.25) is 0 Å². The van der Waals surface area contributed by atoms with E-state index in [1.165, 1.54) is 72.0 Å². The second-order valence-electron chi connectivity index (χ2n) is 11.9. The molecule has 0 radical (unpaired) electrons. The lowest BCUT2D eigenvalue weighted by molar-refractivity contribution is 0.767. The summed E-state index contributed by atoms with van der Waals surface area (Å²) in [5.41, 5.74) is 13.3. The van der Waals surface area contributed by atoms with E-state index in [9.17, 15) is 0 Å². The smallest absolute Gasteiger partial charge is 0.0714 e. The predicted octanol–water partition coefficient (Wildman–Crippen LogP) is 11.6. The van der Waals surface area contributed by atoms with Crippen LogP contribution in [-0.4, -0.2) is 4.57 Å². The molecule has 0 spiro atoms. The standard InChI is InChI=1S/C43H28BrN/c44-33-17-11-12-29(26-33)30-22-25-42-38(27-30)37-19-8-10-21-41(37)45(42)34-23-24-36-35-18-7-9-20-39(35)43(40(36)28-34,31-13-3-1-4-14-31)32-15-5-2-6-16-32/h1-28H. The van der Waals surface area contributed by atoms with Crippen LogP contribution in [0.15, 0.2) is 174 Å². The molecule has 0 unspecified atom stereocenters. The van der Waals surface area contributed by atoms with Gasteiger partial charge in [0.1, 0.15) is 0 Å². The molecule has 9 rings (SSSR count). The van der Waals surface area contributed by atoms with Gasteiger partial charge in [-0.25, -0.2) is 0 Å². The topological polar surface area (TPSA) is 4.93 Å². The Kier molecular flexibility index (Phi) is 5.94. The lowest BCUT2D eigenvalue weighted by Gasteiger charge is -2.34. The summed E-state index contributed by atoms with van der Waals surface area (Å²) in [7, 11) is 0. The first-order valence-corrected chi connectivity index (χ1v) is 16.2. The monoisotopic (exact) mass is 637 g/mol. The van der Waals surface area contributed by atoms with Crippen molar-refractivity contribution in [2.24, 2.45) is 0 Å². The number of fused-ring (bicyclic) bond motifs is 6. The number of halogens is 1. The number of nitrogens with zero attached hydrogens (tertiary/aromatic N) is 1. The summed E-state index contributed by atoms with van der Waals surface area (Å²) in [6.07, 6.45) is 0. The Morgan fingerprint density at radius 2 is 1.07 bits per heavy atom. The Morgan fingerprint density at radius 3 is 1.84 bits per heavy atom. The number of benzene rings is 7. The molecule has 1 aromatic heterocycles. The molecule has 1 aliphatic carbocycles. The second kappa shape index (κ2) is 10.2. The third-order valence-corrected chi connectivity index (χ3v) is 10.0. The molecule has 0 fully saturated rings. The fourth-order valence-corrected chi connectivity index (χ4v) is 8.07. The van der Waals surface area contributed by atoms with Gasteiger partial charge in [-0.3, -0.25) is 0 Å². The van der Waals surface area contributed by atoms with Crippen molar-refractivity contribution >= 4 is 37.7 Å². The van der Waals surface area contributed by atoms with E-state index in [1.807, 2.05) is 0 Å². The average Bonchev–Trinajstić information content (AvgIpc) is 3.59. The van der Waals surface area contributed by atoms with E-state index in [1.54, 1.807) is 0 Å². The molecule has 8 aromatic rings. The zero-order valence-electron chi connectivity index (χ0n) is 24.5. The first-order chi connectivity index (χ1) is 22.2. The minimum absolute atomic E-state index is 0.433. The van der Waals surface area contributed by atoms with E-state index in [0.717, 1.165) is 4.47 Å². The normalized spacial score (nSPS) is 13.2. The van der Waals surface area contributed by atoms with E-state index in [2.05, 4.69) is 190 Å². The van der Waals surface area contributed by atoms with Crippen LogP contribution in [0.3, 0.4) is 0 Å². The van der Waals surface area contributed by atoms with Crippen molar-refractivity contribution in [3.8, 4) is 27.9 Å². The molecule has 7 aromatic carbocycles. The third-order valence-electron chi connectivity index (χ3n) is 9.53. The van der Waals surface area contributed by atoms with Crippen molar-refractivity contribution in [2.75, 3.05) is 0 Å². The highest BCUT2D eigenvalue weighted by atomic mass is 79.9. The number of hydrogen-bond donors (Lipinski definition) is 0. The van der Waals surface area contributed by atoms with Crippen LogP contribution < -0.4 is 0 Å². The fraction of sp³-hybridized carbons (Fsp3) is 0.0233. The zero-order valence-corrected chi connectivity index (χ0v) is 26.1. The molecule has 1 heterocycles. The van der Waals surface area contributed by atoms with Crippen molar-refractivity contribution in [1.29, 1.82) is 0 Å². The van der Waals surface area contributed by atoms with Gasteiger partial charge in [0.15, 0.2) is 0 Å². The molecule has 0 bridgehead atoms. The summed E-state index contributed by atoms with van der Waals surface area (Å²) in [5, 5.41) is 2.51. The Labute approximate surface area is 271 Å². The number of para-hydroxylation sites is 1. The minimum Gasteiger partial charge on any atom is -0.309 e. The maximum atomic E-state index is 3.66.